The Kier molecular flexibility index (Phi) is 9.78. The van der Waals surface area contributed by atoms with Gasteiger partial charge < -0.3 is 15.0 Å². The Morgan fingerprint density at radius 3 is 2.39 bits per heavy atom. The second kappa shape index (κ2) is 13.5. The topological polar surface area (TPSA) is 93.5 Å². The molecule has 1 unspecified atom stereocenters. The van der Waals surface area contributed by atoms with Gasteiger partial charge in [0.05, 0.1) is 34.8 Å². The smallest absolute Gasteiger partial charge is 0.338 e. The maximum atomic E-state index is 13.9. The average molecular weight is 575 g/mol. The van der Waals surface area contributed by atoms with Crippen molar-refractivity contribution in [3.8, 4) is 5.69 Å². The van der Waals surface area contributed by atoms with Crippen molar-refractivity contribution in [1.29, 1.82) is 0 Å². The van der Waals surface area contributed by atoms with Crippen LogP contribution in [0.2, 0.25) is 5.02 Å². The third-order valence-electron chi connectivity index (χ3n) is 6.90. The number of carbonyl (C=O) groups is 2. The van der Waals surface area contributed by atoms with Crippen molar-refractivity contribution in [1.82, 2.24) is 14.5 Å². The number of nitrogens with one attached hydrogen (secondary N) is 1. The van der Waals surface area contributed by atoms with Gasteiger partial charge >= 0.3 is 12.0 Å². The molecule has 0 radical (unpaired) electrons. The first-order chi connectivity index (χ1) is 19.7. The number of nitrogens with zero attached hydrogens (tertiary/aromatic N) is 3. The number of fused-ring (bicyclic) bond motifs is 1. The Hall–Kier alpha value is -4.17. The van der Waals surface area contributed by atoms with Crippen molar-refractivity contribution in [2.75, 3.05) is 18.5 Å². The van der Waals surface area contributed by atoms with Crippen molar-refractivity contribution in [3.63, 3.8) is 0 Å². The van der Waals surface area contributed by atoms with Crippen molar-refractivity contribution >= 4 is 40.2 Å². The lowest BCUT2D eigenvalue weighted by molar-refractivity contribution is 0.0526. The van der Waals surface area contributed by atoms with Crippen molar-refractivity contribution < 1.29 is 14.3 Å². The van der Waals surface area contributed by atoms with E-state index >= 15 is 0 Å². The van der Waals surface area contributed by atoms with E-state index in [1.165, 1.54) is 0 Å². The summed E-state index contributed by atoms with van der Waals surface area (Å²) >= 11 is 6.26. The highest BCUT2D eigenvalue weighted by Crippen LogP contribution is 2.26. The summed E-state index contributed by atoms with van der Waals surface area (Å²) in [6.45, 7) is 8.44. The van der Waals surface area contributed by atoms with E-state index in [1.54, 1.807) is 58.9 Å². The van der Waals surface area contributed by atoms with E-state index in [4.69, 9.17) is 21.3 Å². The molecule has 3 aromatic carbocycles. The van der Waals surface area contributed by atoms with Gasteiger partial charge in [-0.25, -0.2) is 14.6 Å². The molecule has 214 valence electrons. The minimum Gasteiger partial charge on any atom is -0.462 e. The Morgan fingerprint density at radius 2 is 1.73 bits per heavy atom. The number of rotatable bonds is 10. The SMILES string of the molecule is CCCCCN(C(=O)Nc1ccc(C(=O)OCC)cc1)C(C)c1nc2cc(Cl)ccc2c(=O)n1-c1ccc(C)cc1. The molecule has 0 saturated carbocycles. The van der Waals surface area contributed by atoms with E-state index in [1.807, 2.05) is 38.1 Å². The van der Waals surface area contributed by atoms with Crippen molar-refractivity contribution in [2.45, 2.75) is 53.0 Å². The second-order valence-electron chi connectivity index (χ2n) is 9.91. The molecule has 41 heavy (non-hydrogen) atoms. The lowest BCUT2D eigenvalue weighted by atomic mass is 10.1. The summed E-state index contributed by atoms with van der Waals surface area (Å²) in [6, 6.07) is 18.3. The van der Waals surface area contributed by atoms with Gasteiger partial charge in [-0.1, -0.05) is 49.1 Å². The van der Waals surface area contributed by atoms with E-state index in [0.717, 1.165) is 24.8 Å². The summed E-state index contributed by atoms with van der Waals surface area (Å²) in [5.41, 5.74) is 2.89. The first kappa shape index (κ1) is 29.8. The monoisotopic (exact) mass is 574 g/mol. The van der Waals surface area contributed by atoms with Crippen molar-refractivity contribution in [3.05, 3.63) is 99.1 Å². The van der Waals surface area contributed by atoms with Crippen LogP contribution in [0, 0.1) is 6.92 Å². The van der Waals surface area contributed by atoms with Gasteiger partial charge in [-0.2, -0.15) is 0 Å². The molecule has 4 rings (SSSR count). The lowest BCUT2D eigenvalue weighted by Gasteiger charge is -2.31. The summed E-state index contributed by atoms with van der Waals surface area (Å²) in [6.07, 6.45) is 2.71. The number of amides is 2. The van der Waals surface area contributed by atoms with Gasteiger partial charge in [0.25, 0.3) is 5.56 Å². The van der Waals surface area contributed by atoms with E-state index in [9.17, 15) is 14.4 Å². The molecular weight excluding hydrogens is 540 g/mol. The van der Waals surface area contributed by atoms with Crippen LogP contribution in [0.5, 0.6) is 0 Å². The Labute approximate surface area is 244 Å². The van der Waals surface area contributed by atoms with Gasteiger partial charge in [0.1, 0.15) is 5.82 Å². The predicted octanol–water partition coefficient (Wildman–Crippen LogP) is 7.31. The fourth-order valence-electron chi connectivity index (χ4n) is 4.64. The number of aryl methyl sites for hydroxylation is 1. The standard InChI is InChI=1S/C32H35ClN4O4/c1-5-7-8-19-36(32(40)34-25-14-11-23(12-15-25)31(39)41-6-2)22(4)29-35-28-20-24(33)13-18-27(28)30(38)37(29)26-16-9-21(3)10-17-26/h9-18,20,22H,5-8,19H2,1-4H3,(H,34,40). The van der Waals surface area contributed by atoms with Crippen LogP contribution in [-0.4, -0.2) is 39.6 Å². The van der Waals surface area contributed by atoms with Crippen LogP contribution in [0.15, 0.2) is 71.5 Å². The quantitative estimate of drug-likeness (QED) is 0.158. The molecule has 1 aromatic heterocycles. The summed E-state index contributed by atoms with van der Waals surface area (Å²) in [4.78, 5) is 46.2. The fraction of sp³-hybridized carbons (Fsp3) is 0.312. The number of hydrogen-bond acceptors (Lipinski definition) is 5. The number of esters is 1. The number of hydrogen-bond donors (Lipinski definition) is 1. The number of unbranched alkanes of at least 4 members (excludes halogenated alkanes) is 2. The summed E-state index contributed by atoms with van der Waals surface area (Å²) < 4.78 is 6.62. The third-order valence-corrected chi connectivity index (χ3v) is 7.14. The van der Waals surface area contributed by atoms with Crippen LogP contribution in [0.1, 0.15) is 67.8 Å². The summed E-state index contributed by atoms with van der Waals surface area (Å²) in [5, 5.41) is 3.86. The number of aromatic nitrogens is 2. The van der Waals surface area contributed by atoms with Gasteiger partial charge in [-0.05, 0) is 81.8 Å². The highest BCUT2D eigenvalue weighted by atomic mass is 35.5. The number of carbonyl (C=O) groups excluding carboxylic acids is 2. The number of benzene rings is 3. The molecule has 0 saturated heterocycles. The molecule has 0 aliphatic heterocycles. The van der Waals surface area contributed by atoms with Crippen molar-refractivity contribution in [2.24, 2.45) is 0 Å². The van der Waals surface area contributed by atoms with Gasteiger partial charge in [0.15, 0.2) is 0 Å². The van der Waals surface area contributed by atoms with Crippen LogP contribution < -0.4 is 10.9 Å². The Bertz CT molecular complexity index is 1580. The van der Waals surface area contributed by atoms with Crippen LogP contribution in [0.25, 0.3) is 16.6 Å². The summed E-state index contributed by atoms with van der Waals surface area (Å²) in [7, 11) is 0. The first-order valence-corrected chi connectivity index (χ1v) is 14.2. The molecular formula is C32H35ClN4O4. The normalized spacial score (nSPS) is 11.7. The third kappa shape index (κ3) is 6.95. The molecule has 8 nitrogen and oxygen atoms in total. The number of ether oxygens (including phenoxy) is 1. The van der Waals surface area contributed by atoms with Crippen LogP contribution in [0.4, 0.5) is 10.5 Å². The average Bonchev–Trinajstić information content (AvgIpc) is 2.96. The van der Waals surface area contributed by atoms with E-state index in [0.29, 0.717) is 45.2 Å². The maximum absolute atomic E-state index is 13.9. The molecule has 0 bridgehead atoms. The largest absolute Gasteiger partial charge is 0.462 e. The van der Waals surface area contributed by atoms with E-state index < -0.39 is 12.0 Å². The molecule has 0 fully saturated rings. The molecule has 0 aliphatic rings. The Balaban J connectivity index is 1.75. The zero-order valence-electron chi connectivity index (χ0n) is 23.8. The number of anilines is 1. The second-order valence-corrected chi connectivity index (χ2v) is 10.3. The van der Waals surface area contributed by atoms with Gasteiger partial charge in [0.2, 0.25) is 0 Å². The molecule has 1 N–H and O–H groups in total. The van der Waals surface area contributed by atoms with Crippen LogP contribution in [0.3, 0.4) is 0 Å². The van der Waals surface area contributed by atoms with Crippen LogP contribution in [-0.2, 0) is 4.74 Å². The molecule has 0 spiro atoms. The zero-order chi connectivity index (χ0) is 29.5. The fourth-order valence-corrected chi connectivity index (χ4v) is 4.81. The zero-order valence-corrected chi connectivity index (χ0v) is 24.6. The highest BCUT2D eigenvalue weighted by Gasteiger charge is 2.27. The Morgan fingerprint density at radius 1 is 1.02 bits per heavy atom. The molecule has 1 heterocycles. The van der Waals surface area contributed by atoms with Crippen LogP contribution >= 0.6 is 11.6 Å². The maximum Gasteiger partial charge on any atom is 0.338 e. The van der Waals surface area contributed by atoms with Gasteiger partial charge in [-0.3, -0.25) is 9.36 Å². The molecule has 2 amide bonds. The predicted molar refractivity (Wildman–Crippen MR) is 163 cm³/mol. The molecule has 4 aromatic rings. The van der Waals surface area contributed by atoms with Gasteiger partial charge in [-0.15, -0.1) is 0 Å². The van der Waals surface area contributed by atoms with E-state index in [2.05, 4.69) is 12.2 Å². The molecule has 1 atom stereocenters. The first-order valence-electron chi connectivity index (χ1n) is 13.9. The van der Waals surface area contributed by atoms with Gasteiger partial charge in [0, 0.05) is 17.3 Å². The molecule has 0 aliphatic carbocycles. The minimum absolute atomic E-state index is 0.235. The number of halogens is 1. The number of urea groups is 1. The lowest BCUT2D eigenvalue weighted by Crippen LogP contribution is -2.40. The minimum atomic E-state index is -0.567. The highest BCUT2D eigenvalue weighted by molar-refractivity contribution is 6.31. The molecule has 9 heteroatoms. The van der Waals surface area contributed by atoms with E-state index in [-0.39, 0.29) is 18.2 Å². The summed E-state index contributed by atoms with van der Waals surface area (Å²) in [5.74, 6) is 0.00896.